The first-order valence-electron chi connectivity index (χ1n) is 7.36. The van der Waals surface area contributed by atoms with E-state index in [-0.39, 0.29) is 0 Å². The maximum atomic E-state index is 5.99. The Hall–Kier alpha value is -1.68. The minimum Gasteiger partial charge on any atom is -0.493 e. The van der Waals surface area contributed by atoms with Crippen molar-refractivity contribution in [2.45, 2.75) is 26.2 Å². The zero-order chi connectivity index (χ0) is 14.9. The highest BCUT2D eigenvalue weighted by Gasteiger charge is 2.14. The van der Waals surface area contributed by atoms with Crippen LogP contribution in [0.1, 0.15) is 31.7 Å². The molecular weight excluding hydrogens is 280 g/mol. The lowest BCUT2D eigenvalue weighted by molar-refractivity contribution is -0.577. The van der Waals surface area contributed by atoms with Crippen LogP contribution in [0.25, 0.3) is 5.70 Å². The van der Waals surface area contributed by atoms with Crippen molar-refractivity contribution in [1.82, 2.24) is 4.98 Å². The van der Waals surface area contributed by atoms with E-state index in [1.807, 2.05) is 30.9 Å². The van der Waals surface area contributed by atoms with E-state index in [1.165, 1.54) is 12.8 Å². The fourth-order valence-corrected chi connectivity index (χ4v) is 2.62. The van der Waals surface area contributed by atoms with Crippen molar-refractivity contribution in [3.63, 3.8) is 0 Å². The van der Waals surface area contributed by atoms with Gasteiger partial charge in [-0.15, -0.1) is 11.8 Å². The number of aromatic amines is 1. The molecule has 0 bridgehead atoms. The van der Waals surface area contributed by atoms with E-state index >= 15 is 0 Å². The number of H-pyrrole nitrogens is 1. The van der Waals surface area contributed by atoms with Gasteiger partial charge in [0.1, 0.15) is 23.8 Å². The third-order valence-electron chi connectivity index (χ3n) is 3.22. The van der Waals surface area contributed by atoms with Crippen molar-refractivity contribution in [3.8, 4) is 5.75 Å². The summed E-state index contributed by atoms with van der Waals surface area (Å²) < 4.78 is 8.07. The zero-order valence-electron chi connectivity index (χ0n) is 12.7. The number of hydrogen-bond donors (Lipinski definition) is 1. The average molecular weight is 303 g/mol. The van der Waals surface area contributed by atoms with Gasteiger partial charge in [0.2, 0.25) is 6.33 Å². The van der Waals surface area contributed by atoms with Crippen LogP contribution in [0.3, 0.4) is 0 Å². The van der Waals surface area contributed by atoms with Gasteiger partial charge < -0.3 is 4.74 Å². The Bertz CT molecular complexity index is 564. The number of para-hydroxylation sites is 1. The lowest BCUT2D eigenvalue weighted by atomic mass is 10.1. The minimum atomic E-state index is 0.773. The number of thioether (sulfide) groups is 1. The molecular formula is C17H23N2OS+. The van der Waals surface area contributed by atoms with Gasteiger partial charge in [-0.1, -0.05) is 31.9 Å². The molecule has 2 rings (SSSR count). The number of rotatable bonds is 8. The molecule has 0 aliphatic heterocycles. The summed E-state index contributed by atoms with van der Waals surface area (Å²) in [6, 6.07) is 8.23. The normalized spacial score (nSPS) is 11.6. The van der Waals surface area contributed by atoms with Crippen LogP contribution in [0.2, 0.25) is 0 Å². The summed E-state index contributed by atoms with van der Waals surface area (Å²) in [6.45, 7) is 2.98. The van der Waals surface area contributed by atoms with E-state index in [0.717, 1.165) is 30.0 Å². The lowest BCUT2D eigenvalue weighted by Crippen LogP contribution is -2.29. The molecule has 1 aromatic heterocycles. The molecule has 3 nitrogen and oxygen atoms in total. The van der Waals surface area contributed by atoms with Crippen molar-refractivity contribution in [3.05, 3.63) is 54.0 Å². The average Bonchev–Trinajstić information content (AvgIpc) is 3.04. The second kappa shape index (κ2) is 8.57. The summed E-state index contributed by atoms with van der Waals surface area (Å²) in [5, 5.41) is 2.14. The second-order valence-electron chi connectivity index (χ2n) is 4.81. The predicted octanol–water partition coefficient (Wildman–Crippen LogP) is 4.08. The quantitative estimate of drug-likeness (QED) is 0.588. The Morgan fingerprint density at radius 2 is 2.19 bits per heavy atom. The molecule has 0 spiro atoms. The summed E-state index contributed by atoms with van der Waals surface area (Å²) in [4.78, 5) is 3.09. The van der Waals surface area contributed by atoms with Crippen LogP contribution in [0.15, 0.2) is 48.4 Å². The molecule has 112 valence electrons. The highest BCUT2D eigenvalue weighted by Crippen LogP contribution is 2.25. The lowest BCUT2D eigenvalue weighted by Gasteiger charge is -2.11. The van der Waals surface area contributed by atoms with Crippen molar-refractivity contribution < 1.29 is 9.30 Å². The molecule has 4 heteroatoms. The van der Waals surface area contributed by atoms with E-state index in [4.69, 9.17) is 4.74 Å². The Morgan fingerprint density at radius 1 is 1.33 bits per heavy atom. The van der Waals surface area contributed by atoms with Gasteiger partial charge in [-0.25, -0.2) is 9.55 Å². The van der Waals surface area contributed by atoms with Crippen LogP contribution in [0.4, 0.5) is 0 Å². The van der Waals surface area contributed by atoms with Gasteiger partial charge >= 0.3 is 0 Å². The van der Waals surface area contributed by atoms with Crippen LogP contribution in [-0.4, -0.2) is 17.8 Å². The molecule has 0 atom stereocenters. The fourth-order valence-electron chi connectivity index (χ4n) is 2.15. The minimum absolute atomic E-state index is 0.773. The second-order valence-corrected chi connectivity index (χ2v) is 5.52. The number of unbranched alkanes of at least 4 members (excludes halogenated alkanes) is 2. The van der Waals surface area contributed by atoms with Gasteiger partial charge in [-0.2, -0.15) is 0 Å². The number of nitrogens with zero attached hydrogens (tertiary/aromatic N) is 1. The molecule has 21 heavy (non-hydrogen) atoms. The Balaban J connectivity index is 2.23. The summed E-state index contributed by atoms with van der Waals surface area (Å²) in [5.74, 6) is 0.947. The molecule has 0 saturated heterocycles. The number of aromatic nitrogens is 2. The molecule has 0 amide bonds. The number of ether oxygens (including phenoxy) is 1. The van der Waals surface area contributed by atoms with Crippen LogP contribution < -0.4 is 9.30 Å². The summed E-state index contributed by atoms with van der Waals surface area (Å²) in [7, 11) is 0. The zero-order valence-corrected chi connectivity index (χ0v) is 13.5. The van der Waals surface area contributed by atoms with Crippen LogP contribution >= 0.6 is 11.8 Å². The van der Waals surface area contributed by atoms with E-state index in [2.05, 4.69) is 40.3 Å². The number of hydrogen-bond acceptors (Lipinski definition) is 2. The first kappa shape index (κ1) is 15.7. The fraction of sp³-hybridized carbons (Fsp3) is 0.353. The van der Waals surface area contributed by atoms with Gasteiger partial charge in [-0.05, 0) is 24.8 Å². The Kier molecular flexibility index (Phi) is 6.41. The van der Waals surface area contributed by atoms with Crippen molar-refractivity contribution in [2.24, 2.45) is 0 Å². The largest absolute Gasteiger partial charge is 0.493 e. The standard InChI is InChI=1S/C17H22N2OS/c1-3-4-7-12-20-17-9-6-5-8-15(17)16(13-21-2)19-11-10-18-14-19/h5-6,8-11,13-14H,3-4,7,12H2,1-2H3/p+1/b16-13+. The van der Waals surface area contributed by atoms with Gasteiger partial charge in [0, 0.05) is 5.41 Å². The highest BCUT2D eigenvalue weighted by atomic mass is 32.2. The van der Waals surface area contributed by atoms with Crippen LogP contribution in [0.5, 0.6) is 5.75 Å². The van der Waals surface area contributed by atoms with Crippen LogP contribution in [0, 0.1) is 0 Å². The van der Waals surface area contributed by atoms with E-state index < -0.39 is 0 Å². The van der Waals surface area contributed by atoms with Crippen molar-refractivity contribution in [1.29, 1.82) is 0 Å². The number of imidazole rings is 1. The molecule has 0 unspecified atom stereocenters. The summed E-state index contributed by atoms with van der Waals surface area (Å²) in [5.41, 5.74) is 2.24. The molecule has 0 aliphatic carbocycles. The first-order chi connectivity index (χ1) is 10.4. The summed E-state index contributed by atoms with van der Waals surface area (Å²) in [6.07, 6.45) is 11.5. The van der Waals surface area contributed by atoms with E-state index in [1.54, 1.807) is 11.8 Å². The van der Waals surface area contributed by atoms with Crippen molar-refractivity contribution in [2.75, 3.05) is 12.9 Å². The number of nitrogens with one attached hydrogen (secondary N) is 1. The molecule has 2 aromatic rings. The third kappa shape index (κ3) is 4.39. The predicted molar refractivity (Wildman–Crippen MR) is 89.3 cm³/mol. The van der Waals surface area contributed by atoms with E-state index in [0.29, 0.717) is 0 Å². The van der Waals surface area contributed by atoms with Gasteiger partial charge in [-0.3, -0.25) is 0 Å². The summed E-state index contributed by atoms with van der Waals surface area (Å²) >= 11 is 1.69. The van der Waals surface area contributed by atoms with Gasteiger partial charge in [0.25, 0.3) is 0 Å². The monoisotopic (exact) mass is 303 g/mol. The molecule has 0 aliphatic rings. The SMILES string of the molecule is CCCCCOc1ccccc1/C(=C\SC)[n+]1cc[nH]c1. The van der Waals surface area contributed by atoms with Crippen molar-refractivity contribution >= 4 is 17.5 Å². The third-order valence-corrected chi connectivity index (χ3v) is 3.68. The van der Waals surface area contributed by atoms with E-state index in [9.17, 15) is 0 Å². The topological polar surface area (TPSA) is 28.9 Å². The van der Waals surface area contributed by atoms with Gasteiger partial charge in [0.15, 0.2) is 0 Å². The maximum absolute atomic E-state index is 5.99. The molecule has 0 radical (unpaired) electrons. The molecule has 1 N–H and O–H groups in total. The number of benzene rings is 1. The molecule has 0 saturated carbocycles. The Morgan fingerprint density at radius 3 is 2.90 bits per heavy atom. The Labute approximate surface area is 131 Å². The maximum Gasteiger partial charge on any atom is 0.246 e. The first-order valence-corrected chi connectivity index (χ1v) is 8.65. The van der Waals surface area contributed by atoms with Gasteiger partial charge in [0.05, 0.1) is 12.2 Å². The molecule has 1 aromatic carbocycles. The van der Waals surface area contributed by atoms with Crippen LogP contribution in [-0.2, 0) is 0 Å². The highest BCUT2D eigenvalue weighted by molar-refractivity contribution is 8.01. The molecule has 0 fully saturated rings. The smallest absolute Gasteiger partial charge is 0.246 e. The molecule has 1 heterocycles.